The first-order valence-corrected chi connectivity index (χ1v) is 8.07. The summed E-state index contributed by atoms with van der Waals surface area (Å²) in [5.74, 6) is 0.477. The van der Waals surface area contributed by atoms with Crippen LogP contribution in [0.5, 0.6) is 0 Å². The zero-order chi connectivity index (χ0) is 13.2. The van der Waals surface area contributed by atoms with E-state index in [-0.39, 0.29) is 6.04 Å². The number of rotatable bonds is 6. The van der Waals surface area contributed by atoms with Crippen molar-refractivity contribution >= 4 is 10.2 Å². The zero-order valence-corrected chi connectivity index (χ0v) is 11.6. The molecule has 5 nitrogen and oxygen atoms in total. The molecule has 0 atom stereocenters. The highest BCUT2D eigenvalue weighted by atomic mass is 32.2. The standard InChI is InChI=1S/C12H23N3O2S/c1-2-7-15(12-3-4-12)18(16,17)14-8-5-11(10-13)6-9-14/h2,11-12H,1,3-10,13H2. The Morgan fingerprint density at radius 2 is 1.89 bits per heavy atom. The molecule has 18 heavy (non-hydrogen) atoms. The second-order valence-electron chi connectivity index (χ2n) is 5.18. The number of hydrogen-bond acceptors (Lipinski definition) is 3. The van der Waals surface area contributed by atoms with Crippen LogP contribution in [-0.2, 0) is 10.2 Å². The molecule has 104 valence electrons. The van der Waals surface area contributed by atoms with Crippen molar-refractivity contribution in [2.45, 2.75) is 31.7 Å². The van der Waals surface area contributed by atoms with Gasteiger partial charge in [0.15, 0.2) is 0 Å². The van der Waals surface area contributed by atoms with Crippen LogP contribution in [0, 0.1) is 5.92 Å². The van der Waals surface area contributed by atoms with Crippen molar-refractivity contribution in [1.29, 1.82) is 0 Å². The lowest BCUT2D eigenvalue weighted by Gasteiger charge is -2.34. The summed E-state index contributed by atoms with van der Waals surface area (Å²) >= 11 is 0. The predicted molar refractivity (Wildman–Crippen MR) is 72.2 cm³/mol. The van der Waals surface area contributed by atoms with Gasteiger partial charge in [0, 0.05) is 25.7 Å². The van der Waals surface area contributed by atoms with Gasteiger partial charge in [-0.15, -0.1) is 6.58 Å². The highest BCUT2D eigenvalue weighted by molar-refractivity contribution is 7.86. The van der Waals surface area contributed by atoms with E-state index >= 15 is 0 Å². The second kappa shape index (κ2) is 5.69. The second-order valence-corrected chi connectivity index (χ2v) is 7.06. The van der Waals surface area contributed by atoms with E-state index in [1.165, 1.54) is 0 Å². The predicted octanol–water partition coefficient (Wildman–Crippen LogP) is 0.552. The van der Waals surface area contributed by atoms with E-state index < -0.39 is 10.2 Å². The van der Waals surface area contributed by atoms with Crippen LogP contribution in [-0.4, -0.2) is 49.2 Å². The highest BCUT2D eigenvalue weighted by Gasteiger charge is 2.40. The van der Waals surface area contributed by atoms with E-state index in [2.05, 4.69) is 6.58 Å². The van der Waals surface area contributed by atoms with Gasteiger partial charge in [-0.3, -0.25) is 0 Å². The summed E-state index contributed by atoms with van der Waals surface area (Å²) in [6, 6.07) is 0.195. The maximum absolute atomic E-state index is 12.5. The first-order valence-electron chi connectivity index (χ1n) is 6.67. The van der Waals surface area contributed by atoms with Gasteiger partial charge in [-0.05, 0) is 38.1 Å². The summed E-state index contributed by atoms with van der Waals surface area (Å²) in [7, 11) is -3.30. The largest absolute Gasteiger partial charge is 0.330 e. The average molecular weight is 273 g/mol. The van der Waals surface area contributed by atoms with Gasteiger partial charge in [-0.2, -0.15) is 17.0 Å². The highest BCUT2D eigenvalue weighted by Crippen LogP contribution is 2.31. The molecule has 0 bridgehead atoms. The molecule has 0 spiro atoms. The van der Waals surface area contributed by atoms with E-state index in [0.29, 0.717) is 32.1 Å². The third kappa shape index (κ3) is 2.93. The molecule has 6 heteroatoms. The van der Waals surface area contributed by atoms with Gasteiger partial charge in [-0.25, -0.2) is 0 Å². The molecule has 0 aromatic rings. The normalized spacial score (nSPS) is 23.4. The van der Waals surface area contributed by atoms with Gasteiger partial charge in [-0.1, -0.05) is 6.08 Å². The minimum absolute atomic E-state index is 0.195. The summed E-state index contributed by atoms with van der Waals surface area (Å²) in [6.07, 6.45) is 5.38. The van der Waals surface area contributed by atoms with Crippen LogP contribution in [0.4, 0.5) is 0 Å². The molecule has 1 aliphatic carbocycles. The molecule has 2 aliphatic rings. The average Bonchev–Trinajstić information content (AvgIpc) is 3.20. The Kier molecular flexibility index (Phi) is 4.42. The fourth-order valence-electron chi connectivity index (χ4n) is 2.45. The summed E-state index contributed by atoms with van der Waals surface area (Å²) in [6.45, 7) is 5.94. The van der Waals surface area contributed by atoms with Crippen LogP contribution < -0.4 is 5.73 Å². The van der Waals surface area contributed by atoms with Crippen molar-refractivity contribution in [1.82, 2.24) is 8.61 Å². The number of nitrogens with two attached hydrogens (primary N) is 1. The Labute approximate surface area is 110 Å². The summed E-state index contributed by atoms with van der Waals surface area (Å²) in [5.41, 5.74) is 5.63. The van der Waals surface area contributed by atoms with E-state index in [9.17, 15) is 8.42 Å². The fourth-order valence-corrected chi connectivity index (χ4v) is 4.30. The molecule has 1 saturated heterocycles. The molecule has 2 N–H and O–H groups in total. The molecule has 2 fully saturated rings. The van der Waals surface area contributed by atoms with Gasteiger partial charge in [0.05, 0.1) is 0 Å². The first kappa shape index (κ1) is 14.0. The molecule has 1 heterocycles. The van der Waals surface area contributed by atoms with Crippen molar-refractivity contribution in [3.63, 3.8) is 0 Å². The number of piperidine rings is 1. The van der Waals surface area contributed by atoms with Crippen LogP contribution in [0.25, 0.3) is 0 Å². The third-order valence-corrected chi connectivity index (χ3v) is 5.85. The van der Waals surface area contributed by atoms with Crippen LogP contribution in [0.15, 0.2) is 12.7 Å². The molecule has 1 saturated carbocycles. The van der Waals surface area contributed by atoms with E-state index in [4.69, 9.17) is 5.73 Å². The smallest absolute Gasteiger partial charge is 0.282 e. The van der Waals surface area contributed by atoms with E-state index in [0.717, 1.165) is 25.7 Å². The minimum Gasteiger partial charge on any atom is -0.330 e. The van der Waals surface area contributed by atoms with E-state index in [1.54, 1.807) is 14.7 Å². The number of hydrogen-bond donors (Lipinski definition) is 1. The molecular formula is C12H23N3O2S. The van der Waals surface area contributed by atoms with Crippen molar-refractivity contribution in [2.24, 2.45) is 11.7 Å². The van der Waals surface area contributed by atoms with E-state index in [1.807, 2.05) is 0 Å². The molecule has 0 aromatic heterocycles. The Morgan fingerprint density at radius 3 is 2.33 bits per heavy atom. The van der Waals surface area contributed by atoms with Crippen molar-refractivity contribution < 1.29 is 8.42 Å². The topological polar surface area (TPSA) is 66.6 Å². The monoisotopic (exact) mass is 273 g/mol. The SMILES string of the molecule is C=CCN(C1CC1)S(=O)(=O)N1CCC(CN)CC1. The van der Waals surface area contributed by atoms with Gasteiger partial charge >= 0.3 is 0 Å². The molecule has 0 aromatic carbocycles. The van der Waals surface area contributed by atoms with Crippen LogP contribution in [0.3, 0.4) is 0 Å². The lowest BCUT2D eigenvalue weighted by molar-refractivity contribution is 0.258. The fraction of sp³-hybridized carbons (Fsp3) is 0.833. The van der Waals surface area contributed by atoms with Gasteiger partial charge in [0.25, 0.3) is 10.2 Å². The zero-order valence-electron chi connectivity index (χ0n) is 10.8. The number of nitrogens with zero attached hydrogens (tertiary/aromatic N) is 2. The molecule has 2 rings (SSSR count). The van der Waals surface area contributed by atoms with Gasteiger partial charge in [0.2, 0.25) is 0 Å². The first-order chi connectivity index (χ1) is 8.59. The molecule has 0 unspecified atom stereocenters. The van der Waals surface area contributed by atoms with Crippen molar-refractivity contribution in [3.05, 3.63) is 12.7 Å². The quantitative estimate of drug-likeness (QED) is 0.719. The molecular weight excluding hydrogens is 250 g/mol. The van der Waals surface area contributed by atoms with Crippen LogP contribution in [0.2, 0.25) is 0 Å². The molecule has 0 amide bonds. The lowest BCUT2D eigenvalue weighted by atomic mass is 9.99. The van der Waals surface area contributed by atoms with Crippen molar-refractivity contribution in [3.8, 4) is 0 Å². The molecule has 0 radical (unpaired) electrons. The summed E-state index contributed by atoms with van der Waals surface area (Å²) in [5, 5.41) is 0. The summed E-state index contributed by atoms with van der Waals surface area (Å²) < 4.78 is 28.3. The maximum Gasteiger partial charge on any atom is 0.282 e. The van der Waals surface area contributed by atoms with Crippen molar-refractivity contribution in [2.75, 3.05) is 26.2 Å². The lowest BCUT2D eigenvalue weighted by Crippen LogP contribution is -2.48. The minimum atomic E-state index is -3.30. The molecule has 1 aliphatic heterocycles. The Bertz CT molecular complexity index is 384. The third-order valence-electron chi connectivity index (χ3n) is 3.79. The van der Waals surface area contributed by atoms with Crippen LogP contribution >= 0.6 is 0 Å². The maximum atomic E-state index is 12.5. The summed E-state index contributed by atoms with van der Waals surface area (Å²) in [4.78, 5) is 0. The van der Waals surface area contributed by atoms with Gasteiger partial charge < -0.3 is 5.73 Å². The van der Waals surface area contributed by atoms with Crippen LogP contribution in [0.1, 0.15) is 25.7 Å². The Morgan fingerprint density at radius 1 is 1.28 bits per heavy atom. The van der Waals surface area contributed by atoms with Gasteiger partial charge in [0.1, 0.15) is 0 Å². The Balaban J connectivity index is 2.03. The Hall–Kier alpha value is -0.430.